The average molecular weight is 1560 g/mol. The second kappa shape index (κ2) is 40.2. The molecule has 3 aliphatic heterocycles. The molecular weight excluding hydrogens is 1450 g/mol. The van der Waals surface area contributed by atoms with E-state index in [9.17, 15) is 51.9 Å². The van der Waals surface area contributed by atoms with Gasteiger partial charge in [0.2, 0.25) is 23.6 Å². The molecule has 3 aliphatic rings. The van der Waals surface area contributed by atoms with E-state index in [0.717, 1.165) is 27.8 Å². The van der Waals surface area contributed by atoms with E-state index < -0.39 is 81.3 Å². The van der Waals surface area contributed by atoms with E-state index in [1.54, 1.807) is 129 Å². The van der Waals surface area contributed by atoms with Crippen molar-refractivity contribution in [3.05, 3.63) is 166 Å². The van der Waals surface area contributed by atoms with Crippen molar-refractivity contribution in [3.8, 4) is 16.9 Å². The number of anilines is 2. The zero-order valence-electron chi connectivity index (χ0n) is 65.1. The molecule has 0 saturated carbocycles. The Bertz CT molecular complexity index is 4150. The minimum atomic E-state index is -3.82. The Morgan fingerprint density at radius 1 is 0.771 bits per heavy atom. The smallest absolute Gasteiger partial charge is 0.409 e. The van der Waals surface area contributed by atoms with Crippen LogP contribution in [0.2, 0.25) is 0 Å². The number of epoxide rings is 1. The van der Waals surface area contributed by atoms with E-state index >= 15 is 0 Å². The van der Waals surface area contributed by atoms with Crippen LogP contribution in [-0.2, 0) is 70.3 Å². The van der Waals surface area contributed by atoms with Crippen LogP contribution in [0.3, 0.4) is 0 Å². The summed E-state index contributed by atoms with van der Waals surface area (Å²) >= 11 is 0. The van der Waals surface area contributed by atoms with Crippen molar-refractivity contribution in [2.45, 2.75) is 197 Å². The Morgan fingerprint density at radius 3 is 2.05 bits per heavy atom. The van der Waals surface area contributed by atoms with E-state index in [1.165, 1.54) is 19.1 Å². The lowest BCUT2D eigenvalue weighted by Crippen LogP contribution is -2.63. The molecule has 3 unspecified atom stereocenters. The van der Waals surface area contributed by atoms with E-state index in [0.29, 0.717) is 105 Å². The van der Waals surface area contributed by atoms with Gasteiger partial charge in [-0.1, -0.05) is 170 Å². The first-order valence-corrected chi connectivity index (χ1v) is 41.5. The number of carbonyl (C=O) groups is 8. The predicted octanol–water partition coefficient (Wildman–Crippen LogP) is 13.5. The zero-order valence-corrected chi connectivity index (χ0v) is 67.5. The van der Waals surface area contributed by atoms with Crippen LogP contribution in [0.1, 0.15) is 162 Å². The number of methoxy groups -OCH3 is 3. The molecule has 0 aliphatic carbocycles. The zero-order chi connectivity index (χ0) is 79.3. The highest BCUT2D eigenvalue weighted by molar-refractivity contribution is 8.77. The number of ketones is 2. The maximum atomic E-state index is 14.8. The second-order valence-electron chi connectivity index (χ2n) is 29.7. The predicted molar refractivity (Wildman–Crippen MR) is 426 cm³/mol. The molecule has 0 spiro atoms. The molecule has 25 heteroatoms. The third-order valence-electron chi connectivity index (χ3n) is 20.4. The number of unbranched alkanes of at least 4 members (excludes halogenated alkanes) is 1. The third kappa shape index (κ3) is 24.7. The molecule has 4 bridgehead atoms. The number of aliphatic hydroxyl groups is 1. The quantitative estimate of drug-likeness (QED) is 0.00827. The minimum absolute atomic E-state index is 0.0502. The molecule has 5 aromatic rings. The molecule has 2 saturated heterocycles. The van der Waals surface area contributed by atoms with Crippen LogP contribution in [0.25, 0.3) is 11.1 Å². The second-order valence-corrected chi connectivity index (χ2v) is 34.8. The third-order valence-corrected chi connectivity index (χ3v) is 25.8. The van der Waals surface area contributed by atoms with E-state index in [2.05, 4.69) is 35.1 Å². The van der Waals surface area contributed by atoms with E-state index in [-0.39, 0.29) is 94.1 Å². The fraction of sp³-hybridized carbons (Fsp3) is 0.500. The number of hydrogen-bond donors (Lipinski definition) is 5. The molecule has 8 rings (SSSR count). The normalized spacial score (nSPS) is 22.1. The van der Waals surface area contributed by atoms with Gasteiger partial charge in [-0.15, -0.1) is 0 Å². The number of carbonyl (C=O) groups excluding carboxylic acids is 8. The molecule has 590 valence electrons. The van der Waals surface area contributed by atoms with Crippen molar-refractivity contribution >= 4 is 90.1 Å². The molecular formula is C84H109N5O17S3. The number of amides is 5. The van der Waals surface area contributed by atoms with Crippen molar-refractivity contribution in [2.24, 2.45) is 23.7 Å². The Labute approximate surface area is 650 Å². The standard InChI is InChI=1S/C84H109N5O17S3/c1-52(2)81(96)105-73-49-76(93)89(10)68-46-60(45-55(5)17-16-19-72(103-13)84(98)50-71(104-82(97)88-84)58(8)79-83(73,9)106-79)47-70(102-12)77(68)62-34-36-66(37-35-62)87-75(92)41-25-57(7)108-107-56(6)24-40-74(91)85-42-15-14-18-64(80(95)86-43-44-101-11)48-69(90)61-30-32-63(33-31-61)78(94)65(29-28-59-26-20-53(3)21-27-59)51-109(99,100)67-38-22-54(4)23-39-67/h16-17,19-23,26-27,30-39,46-47,52,56-58,64-65,71-73,79,98H,14-15,18,24-25,28-29,40-45,48-51H2,1-13H3,(H,85,91)(H,86,95)(H,87,92)(H,88,97)/b19-16+,55-17+/t56?,57?,58-,64-,65?,71+,72-,73+,79+,83+,84+/m1/s1. The maximum Gasteiger partial charge on any atom is 0.409 e. The summed E-state index contributed by atoms with van der Waals surface area (Å²) < 4.78 is 62.6. The summed E-state index contributed by atoms with van der Waals surface area (Å²) in [6.45, 7) is 17.9. The first-order chi connectivity index (χ1) is 51.8. The lowest BCUT2D eigenvalue weighted by atomic mass is 9.83. The summed E-state index contributed by atoms with van der Waals surface area (Å²) in [5.41, 5.74) is 4.70. The fourth-order valence-electron chi connectivity index (χ4n) is 13.6. The number of nitrogens with zero attached hydrogens (tertiary/aromatic N) is 1. The Hall–Kier alpha value is -8.17. The number of hydrogen-bond acceptors (Lipinski definition) is 19. The minimum Gasteiger partial charge on any atom is -0.496 e. The lowest BCUT2D eigenvalue weighted by Gasteiger charge is -2.42. The van der Waals surface area contributed by atoms with Gasteiger partial charge < -0.3 is 54.4 Å². The van der Waals surface area contributed by atoms with Gasteiger partial charge in [0.25, 0.3) is 0 Å². The highest BCUT2D eigenvalue weighted by atomic mass is 33.1. The highest BCUT2D eigenvalue weighted by Crippen LogP contribution is 2.50. The topological polar surface area (TPSA) is 301 Å². The number of sulfone groups is 1. The van der Waals surface area contributed by atoms with Crippen LogP contribution >= 0.6 is 21.6 Å². The molecule has 5 N–H and O–H groups in total. The summed E-state index contributed by atoms with van der Waals surface area (Å²) in [6.07, 6.45) is 5.12. The summed E-state index contributed by atoms with van der Waals surface area (Å²) in [5, 5.41) is 23.6. The van der Waals surface area contributed by atoms with Gasteiger partial charge in [-0.3, -0.25) is 38.9 Å². The maximum absolute atomic E-state index is 14.8. The van der Waals surface area contributed by atoms with Crippen molar-refractivity contribution < 1.29 is 80.3 Å². The summed E-state index contributed by atoms with van der Waals surface area (Å²) in [5.74, 6) is -4.51. The van der Waals surface area contributed by atoms with Crippen molar-refractivity contribution in [3.63, 3.8) is 0 Å². The molecule has 11 atom stereocenters. The Balaban J connectivity index is 0.806. The number of allylic oxidation sites excluding steroid dienone is 3. The van der Waals surface area contributed by atoms with Gasteiger partial charge in [-0.25, -0.2) is 13.2 Å². The number of rotatable bonds is 35. The van der Waals surface area contributed by atoms with Gasteiger partial charge in [0, 0.05) is 111 Å². The molecule has 3 heterocycles. The summed E-state index contributed by atoms with van der Waals surface area (Å²) in [4.78, 5) is 111. The van der Waals surface area contributed by atoms with Gasteiger partial charge in [0.05, 0.1) is 48.5 Å². The van der Waals surface area contributed by atoms with Crippen molar-refractivity contribution in [1.29, 1.82) is 0 Å². The number of ether oxygens (including phenoxy) is 6. The molecule has 2 fully saturated rings. The molecule has 5 aromatic carbocycles. The SMILES string of the molecule is COCCNC(=O)[C@H](CCCCNC(=O)CCC(C)SSC(C)CCC(=O)Nc1ccc(-c2c(OC)cc3cc2N(C)C(=O)C[C@H](OC(=O)C(C)C)[C@]2(C)O[C@H]2[C@H](C)[C@@H]2C[C@@](O)(NC(=O)O2)[C@H](OC)/C=C/C=C(\C)C3)cc1)CC(=O)c1ccc(C(=O)C(CCc2ccc(C)cc2)CS(=O)(=O)c2ccc(C)cc2)cc1. The van der Waals surface area contributed by atoms with Crippen LogP contribution < -0.4 is 30.9 Å². The Morgan fingerprint density at radius 2 is 1.41 bits per heavy atom. The first kappa shape index (κ1) is 86.4. The first-order valence-electron chi connectivity index (χ1n) is 37.6. The van der Waals surface area contributed by atoms with Gasteiger partial charge in [0.15, 0.2) is 27.1 Å². The Kier molecular flexibility index (Phi) is 31.8. The molecule has 0 radical (unpaired) electrons. The number of aryl methyl sites for hydroxylation is 3. The molecule has 22 nitrogen and oxygen atoms in total. The van der Waals surface area contributed by atoms with Crippen LogP contribution in [0, 0.1) is 37.5 Å². The number of esters is 1. The fourth-order valence-corrected chi connectivity index (χ4v) is 17.7. The molecule has 0 aromatic heterocycles. The average Bonchev–Trinajstić information content (AvgIpc) is 1.57. The molecule has 109 heavy (non-hydrogen) atoms. The number of benzene rings is 5. The van der Waals surface area contributed by atoms with Gasteiger partial charge in [-0.05, 0) is 126 Å². The van der Waals surface area contributed by atoms with Crippen molar-refractivity contribution in [1.82, 2.24) is 16.0 Å². The number of nitrogens with one attached hydrogen (secondary N) is 4. The summed E-state index contributed by atoms with van der Waals surface area (Å²) in [6, 6.07) is 31.9. The monoisotopic (exact) mass is 1560 g/mol. The largest absolute Gasteiger partial charge is 0.496 e. The van der Waals surface area contributed by atoms with E-state index in [1.807, 2.05) is 82.3 Å². The van der Waals surface area contributed by atoms with Crippen molar-refractivity contribution in [2.75, 3.05) is 64.0 Å². The number of fused-ring (bicyclic) bond motifs is 5. The highest BCUT2D eigenvalue weighted by Gasteiger charge is 2.64. The lowest BCUT2D eigenvalue weighted by molar-refractivity contribution is -0.157. The van der Waals surface area contributed by atoms with Gasteiger partial charge in [-0.2, -0.15) is 0 Å². The molecule has 5 amide bonds. The number of alkyl carbamates (subject to hydrolysis) is 1. The van der Waals surface area contributed by atoms with Crippen LogP contribution in [0.15, 0.2) is 138 Å². The van der Waals surface area contributed by atoms with Gasteiger partial charge >= 0.3 is 12.1 Å². The van der Waals surface area contributed by atoms with E-state index in [4.69, 9.17) is 28.4 Å². The van der Waals surface area contributed by atoms with Crippen LogP contribution in [-0.4, -0.2) is 161 Å². The number of Topliss-reactive ketones (excluding diaryl/α,β-unsaturated/α-hetero) is 2. The van der Waals surface area contributed by atoms with Gasteiger partial charge in [0.1, 0.15) is 29.7 Å². The summed E-state index contributed by atoms with van der Waals surface area (Å²) in [7, 11) is 5.70. The van der Waals surface area contributed by atoms with Crippen LogP contribution in [0.5, 0.6) is 5.75 Å². The van der Waals surface area contributed by atoms with Crippen LogP contribution in [0.4, 0.5) is 16.2 Å².